The topological polar surface area (TPSA) is 17.3 Å². The Balaban J connectivity index is 2.82. The number of hydrogen-bond acceptors (Lipinski definition) is 1. The summed E-state index contributed by atoms with van der Waals surface area (Å²) in [7, 11) is 0. The molecule has 2 aromatic heterocycles. The average Bonchev–Trinajstić information content (AvgIpc) is 2.27. The summed E-state index contributed by atoms with van der Waals surface area (Å²) in [6.45, 7) is 1.96. The molecule has 0 saturated carbocycles. The van der Waals surface area contributed by atoms with Gasteiger partial charge in [0.15, 0.2) is 0 Å². The fraction of sp³-hybridized carbons (Fsp3) is 0.125. The standard InChI is InChI=1S/C8H7FN2/c1-6-2-3-8-10-7(9)5-11(8)4-6/h2-5H,1H3. The minimum absolute atomic E-state index is 0.435. The number of rotatable bonds is 0. The van der Waals surface area contributed by atoms with E-state index in [0.29, 0.717) is 5.65 Å². The minimum atomic E-state index is -0.435. The zero-order valence-corrected chi connectivity index (χ0v) is 6.08. The number of imidazole rings is 1. The van der Waals surface area contributed by atoms with Gasteiger partial charge in [0.25, 0.3) is 0 Å². The molecular weight excluding hydrogens is 143 g/mol. The molecule has 56 valence electrons. The van der Waals surface area contributed by atoms with Crippen molar-refractivity contribution in [3.63, 3.8) is 0 Å². The van der Waals surface area contributed by atoms with Gasteiger partial charge in [-0.25, -0.2) is 4.98 Å². The van der Waals surface area contributed by atoms with Crippen LogP contribution >= 0.6 is 0 Å². The SMILES string of the molecule is Cc1ccc2nc(F)cn2c1. The Morgan fingerprint density at radius 3 is 3.00 bits per heavy atom. The first-order valence-corrected chi connectivity index (χ1v) is 3.36. The van der Waals surface area contributed by atoms with Crippen molar-refractivity contribution < 1.29 is 4.39 Å². The Kier molecular flexibility index (Phi) is 1.18. The Bertz CT molecular complexity index is 392. The lowest BCUT2D eigenvalue weighted by molar-refractivity contribution is 0.592. The van der Waals surface area contributed by atoms with Crippen LogP contribution < -0.4 is 0 Å². The summed E-state index contributed by atoms with van der Waals surface area (Å²) >= 11 is 0. The molecule has 0 aliphatic heterocycles. The summed E-state index contributed by atoms with van der Waals surface area (Å²) < 4.78 is 14.2. The lowest BCUT2D eigenvalue weighted by Gasteiger charge is -1.92. The van der Waals surface area contributed by atoms with Crippen LogP contribution in [0.4, 0.5) is 4.39 Å². The van der Waals surface area contributed by atoms with Crippen molar-refractivity contribution in [2.24, 2.45) is 0 Å². The van der Waals surface area contributed by atoms with E-state index in [0.717, 1.165) is 5.56 Å². The molecule has 0 aliphatic rings. The van der Waals surface area contributed by atoms with Crippen molar-refractivity contribution in [3.8, 4) is 0 Å². The van der Waals surface area contributed by atoms with Crippen molar-refractivity contribution in [2.75, 3.05) is 0 Å². The highest BCUT2D eigenvalue weighted by molar-refractivity contribution is 5.39. The highest BCUT2D eigenvalue weighted by Crippen LogP contribution is 2.05. The second kappa shape index (κ2) is 2.05. The smallest absolute Gasteiger partial charge is 0.231 e. The Morgan fingerprint density at radius 2 is 2.18 bits per heavy atom. The second-order valence-corrected chi connectivity index (χ2v) is 2.54. The molecule has 0 aromatic carbocycles. The first-order valence-electron chi connectivity index (χ1n) is 3.36. The highest BCUT2D eigenvalue weighted by atomic mass is 19.1. The highest BCUT2D eigenvalue weighted by Gasteiger charge is 1.97. The van der Waals surface area contributed by atoms with Gasteiger partial charge in [-0.3, -0.25) is 0 Å². The van der Waals surface area contributed by atoms with Gasteiger partial charge in [-0.05, 0) is 18.6 Å². The van der Waals surface area contributed by atoms with Crippen LogP contribution in [-0.2, 0) is 0 Å². The molecule has 2 rings (SSSR count). The van der Waals surface area contributed by atoms with Gasteiger partial charge in [-0.15, -0.1) is 0 Å². The second-order valence-electron chi connectivity index (χ2n) is 2.54. The van der Waals surface area contributed by atoms with Crippen molar-refractivity contribution >= 4 is 5.65 Å². The van der Waals surface area contributed by atoms with E-state index in [4.69, 9.17) is 0 Å². The van der Waals surface area contributed by atoms with Crippen LogP contribution in [0.25, 0.3) is 5.65 Å². The maximum absolute atomic E-state index is 12.5. The summed E-state index contributed by atoms with van der Waals surface area (Å²) in [5, 5.41) is 0. The number of nitrogens with zero attached hydrogens (tertiary/aromatic N) is 2. The van der Waals surface area contributed by atoms with E-state index in [1.165, 1.54) is 6.20 Å². The van der Waals surface area contributed by atoms with Crippen LogP contribution in [0.2, 0.25) is 0 Å². The molecule has 0 N–H and O–H groups in total. The molecule has 0 bridgehead atoms. The summed E-state index contributed by atoms with van der Waals surface area (Å²) in [4.78, 5) is 3.65. The number of halogens is 1. The Hall–Kier alpha value is -1.38. The van der Waals surface area contributed by atoms with E-state index < -0.39 is 5.95 Å². The molecule has 0 amide bonds. The van der Waals surface area contributed by atoms with E-state index in [9.17, 15) is 4.39 Å². The van der Waals surface area contributed by atoms with Gasteiger partial charge >= 0.3 is 0 Å². The van der Waals surface area contributed by atoms with Gasteiger partial charge in [0.2, 0.25) is 5.95 Å². The van der Waals surface area contributed by atoms with Crippen LogP contribution in [0.5, 0.6) is 0 Å². The maximum Gasteiger partial charge on any atom is 0.231 e. The number of aryl methyl sites for hydroxylation is 1. The van der Waals surface area contributed by atoms with E-state index in [1.54, 1.807) is 10.5 Å². The molecule has 0 unspecified atom stereocenters. The quantitative estimate of drug-likeness (QED) is 0.559. The summed E-state index contributed by atoms with van der Waals surface area (Å²) in [5.41, 5.74) is 1.74. The van der Waals surface area contributed by atoms with Crippen LogP contribution in [0.3, 0.4) is 0 Å². The largest absolute Gasteiger partial charge is 0.304 e. The zero-order chi connectivity index (χ0) is 7.84. The summed E-state index contributed by atoms with van der Waals surface area (Å²) in [6.07, 6.45) is 3.20. The van der Waals surface area contributed by atoms with Gasteiger partial charge < -0.3 is 4.40 Å². The van der Waals surface area contributed by atoms with Crippen molar-refractivity contribution in [1.29, 1.82) is 0 Å². The van der Waals surface area contributed by atoms with Crippen molar-refractivity contribution in [3.05, 3.63) is 36.0 Å². The van der Waals surface area contributed by atoms with E-state index in [2.05, 4.69) is 4.98 Å². The molecule has 0 atom stereocenters. The van der Waals surface area contributed by atoms with Gasteiger partial charge in [0, 0.05) is 6.20 Å². The van der Waals surface area contributed by atoms with Crippen LogP contribution in [-0.4, -0.2) is 9.38 Å². The molecule has 2 aromatic rings. The molecule has 0 aliphatic carbocycles. The minimum Gasteiger partial charge on any atom is -0.304 e. The third kappa shape index (κ3) is 0.981. The van der Waals surface area contributed by atoms with Gasteiger partial charge in [0.1, 0.15) is 5.65 Å². The monoisotopic (exact) mass is 150 g/mol. The van der Waals surface area contributed by atoms with Gasteiger partial charge in [-0.2, -0.15) is 4.39 Å². The van der Waals surface area contributed by atoms with E-state index in [-0.39, 0.29) is 0 Å². The number of hydrogen-bond donors (Lipinski definition) is 0. The summed E-state index contributed by atoms with van der Waals surface area (Å²) in [5.74, 6) is -0.435. The molecular formula is C8H7FN2. The normalized spacial score (nSPS) is 10.7. The zero-order valence-electron chi connectivity index (χ0n) is 6.08. The van der Waals surface area contributed by atoms with Gasteiger partial charge in [-0.1, -0.05) is 6.07 Å². The summed E-state index contributed by atoms with van der Waals surface area (Å²) in [6, 6.07) is 3.69. The molecule has 3 heteroatoms. The van der Waals surface area contributed by atoms with Crippen molar-refractivity contribution in [2.45, 2.75) is 6.92 Å². The molecule has 0 fully saturated rings. The molecule has 2 nitrogen and oxygen atoms in total. The average molecular weight is 150 g/mol. The first-order chi connectivity index (χ1) is 5.25. The molecule has 0 spiro atoms. The lowest BCUT2D eigenvalue weighted by atomic mass is 10.3. The number of pyridine rings is 1. The molecule has 0 radical (unpaired) electrons. The maximum atomic E-state index is 12.5. The predicted molar refractivity (Wildman–Crippen MR) is 39.9 cm³/mol. The first kappa shape index (κ1) is 6.34. The fourth-order valence-corrected chi connectivity index (χ4v) is 1.07. The molecule has 2 heterocycles. The van der Waals surface area contributed by atoms with Gasteiger partial charge in [0.05, 0.1) is 6.20 Å². The lowest BCUT2D eigenvalue weighted by Crippen LogP contribution is -1.82. The number of fused-ring (bicyclic) bond motifs is 1. The van der Waals surface area contributed by atoms with E-state index >= 15 is 0 Å². The van der Waals surface area contributed by atoms with E-state index in [1.807, 2.05) is 19.2 Å². The molecule has 11 heavy (non-hydrogen) atoms. The predicted octanol–water partition coefficient (Wildman–Crippen LogP) is 1.78. The Morgan fingerprint density at radius 1 is 1.36 bits per heavy atom. The fourth-order valence-electron chi connectivity index (χ4n) is 1.07. The van der Waals surface area contributed by atoms with Crippen molar-refractivity contribution in [1.82, 2.24) is 9.38 Å². The number of aromatic nitrogens is 2. The third-order valence-corrected chi connectivity index (χ3v) is 1.57. The molecule has 0 saturated heterocycles. The van der Waals surface area contributed by atoms with Crippen LogP contribution in [0.1, 0.15) is 5.56 Å². The Labute approximate surface area is 63.3 Å². The van der Waals surface area contributed by atoms with Crippen LogP contribution in [0, 0.1) is 12.9 Å². The van der Waals surface area contributed by atoms with Crippen LogP contribution in [0.15, 0.2) is 24.5 Å². The third-order valence-electron chi connectivity index (χ3n) is 1.57.